The van der Waals surface area contributed by atoms with Crippen molar-refractivity contribution in [2.75, 3.05) is 5.32 Å². The first-order valence-corrected chi connectivity index (χ1v) is 8.05. The quantitative estimate of drug-likeness (QED) is 0.315. The Labute approximate surface area is 150 Å². The van der Waals surface area contributed by atoms with Gasteiger partial charge in [0.25, 0.3) is 11.6 Å². The molecule has 0 radical (unpaired) electrons. The van der Waals surface area contributed by atoms with Crippen LogP contribution in [0.5, 0.6) is 5.75 Å². The lowest BCUT2D eigenvalue weighted by Gasteiger charge is -2.02. The molecule has 2 aromatic carbocycles. The highest BCUT2D eigenvalue weighted by molar-refractivity contribution is 7.22. The zero-order valence-electron chi connectivity index (χ0n) is 13.0. The SMILES string of the molecule is N#C/C(=C\c1cc([N+](=O)[O-])ccc1O)C(=O)Nc1nc2ccccc2s1. The molecular formula is C17H10N4O4S. The standard InChI is InChI=1S/C17H10N4O4S/c18-9-11(7-10-8-12(21(24)25)5-6-14(10)22)16(23)20-17-19-13-3-1-2-4-15(13)26-17/h1-8,22H,(H,19,20,23)/b11-7+. The monoisotopic (exact) mass is 366 g/mol. The highest BCUT2D eigenvalue weighted by Crippen LogP contribution is 2.27. The van der Waals surface area contributed by atoms with Crippen molar-refractivity contribution >= 4 is 44.4 Å². The van der Waals surface area contributed by atoms with Gasteiger partial charge >= 0.3 is 0 Å². The van der Waals surface area contributed by atoms with E-state index in [1.165, 1.54) is 11.3 Å². The van der Waals surface area contributed by atoms with E-state index < -0.39 is 10.8 Å². The Morgan fingerprint density at radius 3 is 2.81 bits per heavy atom. The van der Waals surface area contributed by atoms with Crippen molar-refractivity contribution in [3.63, 3.8) is 0 Å². The highest BCUT2D eigenvalue weighted by atomic mass is 32.1. The van der Waals surface area contributed by atoms with Crippen molar-refractivity contribution in [3.05, 3.63) is 63.7 Å². The number of phenols is 1. The fourth-order valence-corrected chi connectivity index (χ4v) is 3.03. The summed E-state index contributed by atoms with van der Waals surface area (Å²) in [5, 5.41) is 32.7. The second-order valence-electron chi connectivity index (χ2n) is 5.11. The zero-order valence-corrected chi connectivity index (χ0v) is 13.9. The Balaban J connectivity index is 1.89. The van der Waals surface area contributed by atoms with E-state index in [0.29, 0.717) is 10.6 Å². The number of hydrogen-bond donors (Lipinski definition) is 2. The summed E-state index contributed by atoms with van der Waals surface area (Å²) in [5.41, 5.74) is 0.125. The van der Waals surface area contributed by atoms with E-state index in [2.05, 4.69) is 10.3 Å². The van der Waals surface area contributed by atoms with Crippen LogP contribution in [0.25, 0.3) is 16.3 Å². The van der Waals surface area contributed by atoms with Gasteiger partial charge in [0.15, 0.2) is 5.13 Å². The molecule has 0 unspecified atom stereocenters. The molecule has 0 spiro atoms. The maximum absolute atomic E-state index is 12.3. The van der Waals surface area contributed by atoms with Gasteiger partial charge in [-0.05, 0) is 24.3 Å². The first kappa shape index (κ1) is 17.1. The normalized spacial score (nSPS) is 11.1. The number of benzene rings is 2. The maximum Gasteiger partial charge on any atom is 0.270 e. The van der Waals surface area contributed by atoms with Crippen LogP contribution in [-0.4, -0.2) is 20.9 Å². The molecule has 0 aliphatic carbocycles. The number of thiazole rings is 1. The van der Waals surface area contributed by atoms with Crippen LogP contribution in [0, 0.1) is 21.4 Å². The maximum atomic E-state index is 12.3. The molecule has 0 bridgehead atoms. The number of carbonyl (C=O) groups is 1. The number of hydrogen-bond acceptors (Lipinski definition) is 7. The Hall–Kier alpha value is -3.77. The summed E-state index contributed by atoms with van der Waals surface area (Å²) >= 11 is 1.25. The van der Waals surface area contributed by atoms with Crippen molar-refractivity contribution < 1.29 is 14.8 Å². The molecule has 8 nitrogen and oxygen atoms in total. The Kier molecular flexibility index (Phi) is 4.59. The van der Waals surface area contributed by atoms with Crippen LogP contribution < -0.4 is 5.32 Å². The molecule has 0 saturated heterocycles. The summed E-state index contributed by atoms with van der Waals surface area (Å²) < 4.78 is 0.876. The molecule has 0 atom stereocenters. The minimum absolute atomic E-state index is 0.00444. The zero-order chi connectivity index (χ0) is 18.7. The highest BCUT2D eigenvalue weighted by Gasteiger charge is 2.15. The predicted molar refractivity (Wildman–Crippen MR) is 96.6 cm³/mol. The number of nitro groups is 1. The summed E-state index contributed by atoms with van der Waals surface area (Å²) in [6, 6.07) is 12.4. The molecular weight excluding hydrogens is 356 g/mol. The average Bonchev–Trinajstić information content (AvgIpc) is 3.02. The van der Waals surface area contributed by atoms with Gasteiger partial charge in [-0.15, -0.1) is 0 Å². The van der Waals surface area contributed by atoms with Gasteiger partial charge in [-0.1, -0.05) is 23.5 Å². The lowest BCUT2D eigenvalue weighted by molar-refractivity contribution is -0.384. The van der Waals surface area contributed by atoms with Crippen LogP contribution >= 0.6 is 11.3 Å². The summed E-state index contributed by atoms with van der Waals surface area (Å²) in [6.45, 7) is 0. The largest absolute Gasteiger partial charge is 0.507 e. The second-order valence-corrected chi connectivity index (χ2v) is 6.14. The number of nitrogens with zero attached hydrogens (tertiary/aromatic N) is 3. The number of non-ortho nitro benzene ring substituents is 1. The molecule has 1 heterocycles. The number of aromatic hydroxyl groups is 1. The van der Waals surface area contributed by atoms with E-state index in [1.54, 1.807) is 12.1 Å². The smallest absolute Gasteiger partial charge is 0.270 e. The molecule has 0 aliphatic heterocycles. The molecule has 1 aromatic heterocycles. The predicted octanol–water partition coefficient (Wildman–Crippen LogP) is 3.46. The van der Waals surface area contributed by atoms with Crippen LogP contribution in [0.15, 0.2) is 48.0 Å². The van der Waals surface area contributed by atoms with Crippen molar-refractivity contribution in [1.29, 1.82) is 5.26 Å². The number of nitro benzene ring substituents is 1. The second kappa shape index (κ2) is 7.00. The Morgan fingerprint density at radius 1 is 1.35 bits per heavy atom. The van der Waals surface area contributed by atoms with Gasteiger partial charge in [-0.2, -0.15) is 5.26 Å². The fourth-order valence-electron chi connectivity index (χ4n) is 2.17. The van der Waals surface area contributed by atoms with Gasteiger partial charge in [-0.25, -0.2) is 4.98 Å². The molecule has 3 aromatic rings. The summed E-state index contributed by atoms with van der Waals surface area (Å²) in [4.78, 5) is 26.7. The van der Waals surface area contributed by atoms with Gasteiger partial charge in [0.2, 0.25) is 0 Å². The van der Waals surface area contributed by atoms with E-state index >= 15 is 0 Å². The Morgan fingerprint density at radius 2 is 2.12 bits per heavy atom. The molecule has 128 valence electrons. The van der Waals surface area contributed by atoms with E-state index in [0.717, 1.165) is 29.0 Å². The van der Waals surface area contributed by atoms with Crippen LogP contribution in [-0.2, 0) is 4.79 Å². The van der Waals surface area contributed by atoms with Crippen LogP contribution in [0.2, 0.25) is 0 Å². The first-order chi connectivity index (χ1) is 12.5. The number of aromatic nitrogens is 1. The lowest BCUT2D eigenvalue weighted by atomic mass is 10.1. The number of phenolic OH excluding ortho intramolecular Hbond substituents is 1. The molecule has 0 fully saturated rings. The topological polar surface area (TPSA) is 129 Å². The number of carbonyl (C=O) groups excluding carboxylic acids is 1. The molecule has 0 saturated carbocycles. The van der Waals surface area contributed by atoms with Crippen molar-refractivity contribution in [2.45, 2.75) is 0 Å². The minimum atomic E-state index is -0.725. The Bertz CT molecular complexity index is 1060. The van der Waals surface area contributed by atoms with Crippen LogP contribution in [0.4, 0.5) is 10.8 Å². The first-order valence-electron chi connectivity index (χ1n) is 7.24. The molecule has 3 rings (SSSR count). The van der Waals surface area contributed by atoms with Gasteiger partial charge in [-0.3, -0.25) is 20.2 Å². The number of fused-ring (bicyclic) bond motifs is 1. The third-order valence-corrected chi connectivity index (χ3v) is 4.35. The molecule has 1 amide bonds. The summed E-state index contributed by atoms with van der Waals surface area (Å²) in [7, 11) is 0. The number of nitriles is 1. The summed E-state index contributed by atoms with van der Waals surface area (Å²) in [6.07, 6.45) is 1.09. The van der Waals surface area contributed by atoms with E-state index in [-0.39, 0.29) is 22.6 Å². The third-order valence-electron chi connectivity index (χ3n) is 3.40. The molecule has 0 aliphatic rings. The lowest BCUT2D eigenvalue weighted by Crippen LogP contribution is -2.13. The van der Waals surface area contributed by atoms with Crippen molar-refractivity contribution in [1.82, 2.24) is 4.98 Å². The van der Waals surface area contributed by atoms with Gasteiger partial charge in [0.05, 0.1) is 15.1 Å². The summed E-state index contributed by atoms with van der Waals surface area (Å²) in [5.74, 6) is -1.01. The van der Waals surface area contributed by atoms with Gasteiger partial charge < -0.3 is 5.11 Å². The van der Waals surface area contributed by atoms with Crippen molar-refractivity contribution in [3.8, 4) is 11.8 Å². The van der Waals surface area contributed by atoms with Gasteiger partial charge in [0.1, 0.15) is 17.4 Å². The minimum Gasteiger partial charge on any atom is -0.507 e. The molecule has 9 heteroatoms. The number of anilines is 1. The molecule has 26 heavy (non-hydrogen) atoms. The number of nitrogens with one attached hydrogen (secondary N) is 1. The number of para-hydroxylation sites is 1. The number of amides is 1. The van der Waals surface area contributed by atoms with E-state index in [1.807, 2.05) is 18.2 Å². The number of rotatable bonds is 4. The van der Waals surface area contributed by atoms with Crippen LogP contribution in [0.1, 0.15) is 5.56 Å². The van der Waals surface area contributed by atoms with E-state index in [9.17, 15) is 25.3 Å². The van der Waals surface area contributed by atoms with Crippen LogP contribution in [0.3, 0.4) is 0 Å². The molecule has 2 N–H and O–H groups in total. The van der Waals surface area contributed by atoms with E-state index in [4.69, 9.17) is 0 Å². The third kappa shape index (κ3) is 3.50. The van der Waals surface area contributed by atoms with Crippen molar-refractivity contribution in [2.24, 2.45) is 0 Å². The van der Waals surface area contributed by atoms with Gasteiger partial charge in [0, 0.05) is 17.7 Å². The average molecular weight is 366 g/mol. The fraction of sp³-hybridized carbons (Fsp3) is 0.